The van der Waals surface area contributed by atoms with Crippen LogP contribution in [0, 0.1) is 0 Å². The van der Waals surface area contributed by atoms with Crippen molar-refractivity contribution >= 4 is 29.0 Å². The summed E-state index contributed by atoms with van der Waals surface area (Å²) in [6.45, 7) is 5.02. The molecule has 2 aromatic rings. The molecule has 0 atom stereocenters. The largest absolute Gasteiger partial charge is 0.304 e. The van der Waals surface area contributed by atoms with E-state index in [4.69, 9.17) is 11.6 Å². The Labute approximate surface area is 160 Å². The maximum absolute atomic E-state index is 13.0. The van der Waals surface area contributed by atoms with Crippen LogP contribution in [0.1, 0.15) is 17.5 Å². The Hall–Kier alpha value is -1.94. The molecule has 4 heteroatoms. The first-order chi connectivity index (χ1) is 12.6. The van der Waals surface area contributed by atoms with Gasteiger partial charge in [0.25, 0.3) is 0 Å². The van der Waals surface area contributed by atoms with Crippen molar-refractivity contribution in [3.05, 3.63) is 70.7 Å². The molecule has 136 valence electrons. The van der Waals surface area contributed by atoms with Crippen LogP contribution < -0.4 is 0 Å². The van der Waals surface area contributed by atoms with Crippen LogP contribution >= 0.6 is 11.6 Å². The van der Waals surface area contributed by atoms with E-state index in [1.807, 2.05) is 60.7 Å². The third-order valence-electron chi connectivity index (χ3n) is 4.82. The SMILES string of the molecule is CN1CCN(CCC(=O)/C(=C\c2ccc(Cl)cc2)c2ccccc2)CC1. The first kappa shape index (κ1) is 18.8. The van der Waals surface area contributed by atoms with E-state index in [1.54, 1.807) is 0 Å². The van der Waals surface area contributed by atoms with Crippen molar-refractivity contribution in [2.75, 3.05) is 39.8 Å². The third-order valence-corrected chi connectivity index (χ3v) is 5.07. The lowest BCUT2D eigenvalue weighted by molar-refractivity contribution is -0.114. The van der Waals surface area contributed by atoms with Crippen LogP contribution in [-0.4, -0.2) is 55.4 Å². The number of ketones is 1. The van der Waals surface area contributed by atoms with E-state index in [0.717, 1.165) is 49.4 Å². The number of carbonyl (C=O) groups excluding carboxylic acids is 1. The van der Waals surface area contributed by atoms with Crippen LogP contribution in [0.25, 0.3) is 11.6 Å². The van der Waals surface area contributed by atoms with Gasteiger partial charge in [0.05, 0.1) is 0 Å². The average Bonchev–Trinajstić information content (AvgIpc) is 2.67. The number of rotatable bonds is 6. The van der Waals surface area contributed by atoms with Gasteiger partial charge < -0.3 is 9.80 Å². The quantitative estimate of drug-likeness (QED) is 0.566. The number of nitrogens with zero attached hydrogens (tertiary/aromatic N) is 2. The lowest BCUT2D eigenvalue weighted by Crippen LogP contribution is -2.45. The van der Waals surface area contributed by atoms with Crippen molar-refractivity contribution in [3.63, 3.8) is 0 Å². The summed E-state index contributed by atoms with van der Waals surface area (Å²) in [5, 5.41) is 0.699. The fourth-order valence-corrected chi connectivity index (χ4v) is 3.26. The molecule has 0 spiro atoms. The number of piperazine rings is 1. The van der Waals surface area contributed by atoms with Crippen LogP contribution in [0.3, 0.4) is 0 Å². The molecule has 3 nitrogen and oxygen atoms in total. The molecule has 0 N–H and O–H groups in total. The minimum absolute atomic E-state index is 0.185. The van der Waals surface area contributed by atoms with Crippen molar-refractivity contribution in [1.29, 1.82) is 0 Å². The average molecular weight is 369 g/mol. The molecular weight excluding hydrogens is 344 g/mol. The summed E-state index contributed by atoms with van der Waals surface area (Å²) in [5.74, 6) is 0.185. The predicted molar refractivity (Wildman–Crippen MR) is 109 cm³/mol. The van der Waals surface area contributed by atoms with Crippen LogP contribution in [0.4, 0.5) is 0 Å². The van der Waals surface area contributed by atoms with E-state index in [2.05, 4.69) is 16.8 Å². The van der Waals surface area contributed by atoms with Gasteiger partial charge in [0.2, 0.25) is 0 Å². The van der Waals surface area contributed by atoms with Crippen molar-refractivity contribution in [1.82, 2.24) is 9.80 Å². The standard InChI is InChI=1S/C22H25ClN2O/c1-24-13-15-25(16-14-24)12-11-22(26)21(19-5-3-2-4-6-19)17-18-7-9-20(23)10-8-18/h2-10,17H,11-16H2,1H3/b21-17-. The molecule has 1 fully saturated rings. The van der Waals surface area contributed by atoms with E-state index in [-0.39, 0.29) is 5.78 Å². The second-order valence-electron chi connectivity index (χ2n) is 6.79. The highest BCUT2D eigenvalue weighted by atomic mass is 35.5. The monoisotopic (exact) mass is 368 g/mol. The zero-order valence-electron chi connectivity index (χ0n) is 15.2. The van der Waals surface area contributed by atoms with E-state index < -0.39 is 0 Å². The molecule has 1 aliphatic heterocycles. The first-order valence-corrected chi connectivity index (χ1v) is 9.46. The zero-order chi connectivity index (χ0) is 18.4. The molecule has 0 radical (unpaired) electrons. The fraction of sp³-hybridized carbons (Fsp3) is 0.318. The number of carbonyl (C=O) groups is 1. The topological polar surface area (TPSA) is 23.6 Å². The number of halogens is 1. The smallest absolute Gasteiger partial charge is 0.164 e. The van der Waals surface area contributed by atoms with Gasteiger partial charge in [-0.1, -0.05) is 54.1 Å². The van der Waals surface area contributed by atoms with Crippen LogP contribution in [-0.2, 0) is 4.79 Å². The Bertz CT molecular complexity index is 747. The molecule has 26 heavy (non-hydrogen) atoms. The molecule has 1 aliphatic rings. The number of allylic oxidation sites excluding steroid dienone is 1. The predicted octanol–water partition coefficient (Wildman–Crippen LogP) is 4.09. The summed E-state index contributed by atoms with van der Waals surface area (Å²) in [6, 6.07) is 17.5. The summed E-state index contributed by atoms with van der Waals surface area (Å²) in [4.78, 5) is 17.7. The number of hydrogen-bond acceptors (Lipinski definition) is 3. The highest BCUT2D eigenvalue weighted by Gasteiger charge is 2.17. The van der Waals surface area contributed by atoms with Gasteiger partial charge in [-0.05, 0) is 36.4 Å². The van der Waals surface area contributed by atoms with Crippen molar-refractivity contribution in [2.45, 2.75) is 6.42 Å². The number of Topliss-reactive ketones (excluding diaryl/α,β-unsaturated/α-hetero) is 1. The summed E-state index contributed by atoms with van der Waals surface area (Å²) in [5.41, 5.74) is 2.72. The van der Waals surface area contributed by atoms with Crippen LogP contribution in [0.5, 0.6) is 0 Å². The van der Waals surface area contributed by atoms with E-state index in [1.165, 1.54) is 0 Å². The molecule has 0 aromatic heterocycles. The Kier molecular flexibility index (Phi) is 6.62. The normalized spacial score (nSPS) is 16.6. The Balaban J connectivity index is 1.74. The molecule has 0 saturated carbocycles. The second-order valence-corrected chi connectivity index (χ2v) is 7.23. The van der Waals surface area contributed by atoms with E-state index in [0.29, 0.717) is 11.4 Å². The van der Waals surface area contributed by atoms with Gasteiger partial charge in [-0.25, -0.2) is 0 Å². The molecule has 0 amide bonds. The summed E-state index contributed by atoms with van der Waals surface area (Å²) < 4.78 is 0. The number of benzene rings is 2. The Morgan fingerprint density at radius 3 is 2.31 bits per heavy atom. The molecular formula is C22H25ClN2O. The van der Waals surface area contributed by atoms with Crippen molar-refractivity contribution in [3.8, 4) is 0 Å². The molecule has 3 rings (SSSR count). The summed E-state index contributed by atoms with van der Waals surface area (Å²) in [7, 11) is 2.14. The maximum Gasteiger partial charge on any atom is 0.164 e. The Morgan fingerprint density at radius 1 is 1.00 bits per heavy atom. The van der Waals surface area contributed by atoms with E-state index in [9.17, 15) is 4.79 Å². The van der Waals surface area contributed by atoms with Crippen molar-refractivity contribution in [2.24, 2.45) is 0 Å². The summed E-state index contributed by atoms with van der Waals surface area (Å²) >= 11 is 5.98. The van der Waals surface area contributed by atoms with Gasteiger partial charge in [0, 0.05) is 49.7 Å². The lowest BCUT2D eigenvalue weighted by atomic mass is 9.97. The zero-order valence-corrected chi connectivity index (χ0v) is 16.0. The maximum atomic E-state index is 13.0. The minimum Gasteiger partial charge on any atom is -0.304 e. The molecule has 1 heterocycles. The van der Waals surface area contributed by atoms with E-state index >= 15 is 0 Å². The van der Waals surface area contributed by atoms with Gasteiger partial charge in [-0.2, -0.15) is 0 Å². The molecule has 0 aliphatic carbocycles. The summed E-state index contributed by atoms with van der Waals surface area (Å²) in [6.07, 6.45) is 2.51. The van der Waals surface area contributed by atoms with Crippen molar-refractivity contribution < 1.29 is 4.79 Å². The second kappa shape index (κ2) is 9.13. The van der Waals surface area contributed by atoms with Gasteiger partial charge in [-0.15, -0.1) is 0 Å². The van der Waals surface area contributed by atoms with Gasteiger partial charge in [0.15, 0.2) is 5.78 Å². The third kappa shape index (κ3) is 5.28. The van der Waals surface area contributed by atoms with Crippen LogP contribution in [0.15, 0.2) is 54.6 Å². The molecule has 0 unspecified atom stereocenters. The first-order valence-electron chi connectivity index (χ1n) is 9.08. The van der Waals surface area contributed by atoms with Gasteiger partial charge in [0.1, 0.15) is 0 Å². The lowest BCUT2D eigenvalue weighted by Gasteiger charge is -2.32. The highest BCUT2D eigenvalue weighted by molar-refractivity contribution is 6.30. The highest BCUT2D eigenvalue weighted by Crippen LogP contribution is 2.22. The van der Waals surface area contributed by atoms with Gasteiger partial charge >= 0.3 is 0 Å². The number of likely N-dealkylation sites (N-methyl/N-ethyl adjacent to an activating group) is 1. The molecule has 2 aromatic carbocycles. The fourth-order valence-electron chi connectivity index (χ4n) is 3.13. The molecule has 0 bridgehead atoms. The Morgan fingerprint density at radius 2 is 1.65 bits per heavy atom. The molecule has 1 saturated heterocycles. The van der Waals surface area contributed by atoms with Gasteiger partial charge in [-0.3, -0.25) is 4.79 Å². The van der Waals surface area contributed by atoms with Crippen LogP contribution in [0.2, 0.25) is 5.02 Å². The minimum atomic E-state index is 0.185. The number of hydrogen-bond donors (Lipinski definition) is 0.